The number of phenolic OH excluding ortho intramolecular Hbond substituents is 1. The molecule has 2 atom stereocenters. The fourth-order valence-corrected chi connectivity index (χ4v) is 1.45. The first-order valence-electron chi connectivity index (χ1n) is 5.79. The van der Waals surface area contributed by atoms with E-state index in [1.54, 1.807) is 12.1 Å². The van der Waals surface area contributed by atoms with Crippen LogP contribution < -0.4 is 10.9 Å². The maximum atomic E-state index is 11.1. The zero-order valence-corrected chi connectivity index (χ0v) is 10.5. The van der Waals surface area contributed by atoms with Gasteiger partial charge >= 0.3 is 11.9 Å². The maximum Gasteiger partial charge on any atom is 0.324 e. The SMILES string of the molecule is O=C(O)[C@H](CO)NN[C@@H](Cc1ccc(O)cc1)C(=O)O. The number of hydrogen-bond donors (Lipinski definition) is 6. The molecule has 1 aromatic rings. The Hall–Kier alpha value is -2.16. The van der Waals surface area contributed by atoms with Crippen molar-refractivity contribution in [1.82, 2.24) is 10.9 Å². The highest BCUT2D eigenvalue weighted by Crippen LogP contribution is 2.11. The highest BCUT2D eigenvalue weighted by molar-refractivity contribution is 5.75. The maximum absolute atomic E-state index is 11.1. The quantitative estimate of drug-likeness (QED) is 0.332. The van der Waals surface area contributed by atoms with Gasteiger partial charge in [0.2, 0.25) is 0 Å². The molecule has 0 unspecified atom stereocenters. The van der Waals surface area contributed by atoms with Crippen LogP contribution in [0, 0.1) is 0 Å². The summed E-state index contributed by atoms with van der Waals surface area (Å²) >= 11 is 0. The van der Waals surface area contributed by atoms with Gasteiger partial charge in [-0.15, -0.1) is 0 Å². The van der Waals surface area contributed by atoms with Gasteiger partial charge in [0.05, 0.1) is 6.61 Å². The molecule has 6 N–H and O–H groups in total. The van der Waals surface area contributed by atoms with Crippen LogP contribution in [0.25, 0.3) is 0 Å². The first kappa shape index (κ1) is 15.9. The lowest BCUT2D eigenvalue weighted by molar-refractivity contribution is -0.143. The van der Waals surface area contributed by atoms with Crippen LogP contribution in [0.15, 0.2) is 24.3 Å². The van der Waals surface area contributed by atoms with E-state index in [0.717, 1.165) is 0 Å². The number of carbonyl (C=O) groups is 2. The second-order valence-electron chi connectivity index (χ2n) is 4.12. The number of benzene rings is 1. The number of aromatic hydroxyl groups is 1. The summed E-state index contributed by atoms with van der Waals surface area (Å²) in [7, 11) is 0. The third kappa shape index (κ3) is 4.84. The molecular weight excluding hydrogens is 268 g/mol. The lowest BCUT2D eigenvalue weighted by Gasteiger charge is -2.18. The summed E-state index contributed by atoms with van der Waals surface area (Å²) in [6, 6.07) is 3.61. The van der Waals surface area contributed by atoms with Gasteiger partial charge in [-0.2, -0.15) is 0 Å². The second kappa shape index (κ2) is 7.43. The van der Waals surface area contributed by atoms with Crippen LogP contribution in [0.5, 0.6) is 5.75 Å². The van der Waals surface area contributed by atoms with Crippen LogP contribution in [0.3, 0.4) is 0 Å². The molecule has 0 bridgehead atoms. The average molecular weight is 284 g/mol. The van der Waals surface area contributed by atoms with Crippen LogP contribution >= 0.6 is 0 Å². The Balaban J connectivity index is 2.63. The van der Waals surface area contributed by atoms with Gasteiger partial charge < -0.3 is 20.4 Å². The molecule has 0 aliphatic carbocycles. The highest BCUT2D eigenvalue weighted by atomic mass is 16.4. The van der Waals surface area contributed by atoms with Gasteiger partial charge in [-0.05, 0) is 24.1 Å². The van der Waals surface area contributed by atoms with E-state index in [-0.39, 0.29) is 12.2 Å². The minimum Gasteiger partial charge on any atom is -0.508 e. The zero-order chi connectivity index (χ0) is 15.1. The average Bonchev–Trinajstić information content (AvgIpc) is 2.39. The van der Waals surface area contributed by atoms with Crippen molar-refractivity contribution in [1.29, 1.82) is 0 Å². The van der Waals surface area contributed by atoms with Crippen molar-refractivity contribution in [3.05, 3.63) is 29.8 Å². The van der Waals surface area contributed by atoms with Crippen molar-refractivity contribution in [2.24, 2.45) is 0 Å². The van der Waals surface area contributed by atoms with E-state index in [1.165, 1.54) is 12.1 Å². The number of hydrazine groups is 1. The largest absolute Gasteiger partial charge is 0.508 e. The Morgan fingerprint density at radius 1 is 1.00 bits per heavy atom. The van der Waals surface area contributed by atoms with Crippen LogP contribution in [-0.2, 0) is 16.0 Å². The number of aliphatic hydroxyl groups excluding tert-OH is 1. The molecule has 0 aromatic heterocycles. The molecule has 0 spiro atoms. The molecule has 0 saturated carbocycles. The number of carboxylic acids is 2. The fraction of sp³-hybridized carbons (Fsp3) is 0.333. The molecule has 0 aliphatic heterocycles. The van der Waals surface area contributed by atoms with E-state index in [1.807, 2.05) is 0 Å². The van der Waals surface area contributed by atoms with Gasteiger partial charge in [-0.1, -0.05) is 12.1 Å². The fourth-order valence-electron chi connectivity index (χ4n) is 1.45. The number of nitrogens with one attached hydrogen (secondary N) is 2. The van der Waals surface area contributed by atoms with Crippen molar-refractivity contribution in [2.75, 3.05) is 6.61 Å². The molecule has 8 nitrogen and oxygen atoms in total. The number of phenols is 1. The van der Waals surface area contributed by atoms with Crippen molar-refractivity contribution in [3.63, 3.8) is 0 Å². The smallest absolute Gasteiger partial charge is 0.324 e. The summed E-state index contributed by atoms with van der Waals surface area (Å²) in [4.78, 5) is 21.8. The number of rotatable bonds is 8. The van der Waals surface area contributed by atoms with Crippen molar-refractivity contribution in [2.45, 2.75) is 18.5 Å². The van der Waals surface area contributed by atoms with E-state index in [9.17, 15) is 9.59 Å². The van der Waals surface area contributed by atoms with Crippen molar-refractivity contribution >= 4 is 11.9 Å². The summed E-state index contributed by atoms with van der Waals surface area (Å²) in [5, 5.41) is 35.7. The van der Waals surface area contributed by atoms with Crippen LogP contribution in [0.4, 0.5) is 0 Å². The topological polar surface area (TPSA) is 139 Å². The summed E-state index contributed by atoms with van der Waals surface area (Å²) in [6.45, 7) is -0.673. The minimum atomic E-state index is -1.30. The molecule has 20 heavy (non-hydrogen) atoms. The van der Waals surface area contributed by atoms with Crippen LogP contribution in [0.2, 0.25) is 0 Å². The molecule has 0 heterocycles. The van der Waals surface area contributed by atoms with Gasteiger partial charge in [0.15, 0.2) is 0 Å². The van der Waals surface area contributed by atoms with Gasteiger partial charge in [0.25, 0.3) is 0 Å². The van der Waals surface area contributed by atoms with Gasteiger partial charge in [-0.3, -0.25) is 9.59 Å². The third-order valence-corrected chi connectivity index (χ3v) is 2.59. The first-order chi connectivity index (χ1) is 9.43. The number of aliphatic carboxylic acids is 2. The van der Waals surface area contributed by atoms with Gasteiger partial charge in [0, 0.05) is 0 Å². The summed E-state index contributed by atoms with van der Waals surface area (Å²) in [5.41, 5.74) is 5.27. The lowest BCUT2D eigenvalue weighted by atomic mass is 10.1. The third-order valence-electron chi connectivity index (χ3n) is 2.59. The number of carboxylic acid groups (broad SMARTS) is 2. The Kier molecular flexibility index (Phi) is 5.91. The van der Waals surface area contributed by atoms with Gasteiger partial charge in [-0.25, -0.2) is 10.9 Å². The Labute approximate surface area is 114 Å². The number of hydrogen-bond acceptors (Lipinski definition) is 6. The lowest BCUT2D eigenvalue weighted by Crippen LogP contribution is -2.54. The molecule has 110 valence electrons. The Morgan fingerprint density at radius 3 is 1.95 bits per heavy atom. The van der Waals surface area contributed by atoms with Gasteiger partial charge in [0.1, 0.15) is 17.8 Å². The molecule has 0 aliphatic rings. The van der Waals surface area contributed by atoms with E-state index in [4.69, 9.17) is 20.4 Å². The molecular formula is C12H16N2O6. The molecule has 0 saturated heterocycles. The van der Waals surface area contributed by atoms with Crippen LogP contribution in [-0.4, -0.2) is 51.1 Å². The predicted octanol–water partition coefficient (Wildman–Crippen LogP) is -1.07. The predicted molar refractivity (Wildman–Crippen MR) is 68.0 cm³/mol. The molecule has 1 rings (SSSR count). The van der Waals surface area contributed by atoms with E-state index < -0.39 is 30.6 Å². The molecule has 0 radical (unpaired) electrons. The minimum absolute atomic E-state index is 0.0675. The molecule has 0 amide bonds. The Bertz CT molecular complexity index is 462. The molecule has 1 aromatic carbocycles. The van der Waals surface area contributed by atoms with Crippen molar-refractivity contribution in [3.8, 4) is 5.75 Å². The summed E-state index contributed by atoms with van der Waals surface area (Å²) < 4.78 is 0. The molecule has 0 fully saturated rings. The Morgan fingerprint density at radius 2 is 1.50 bits per heavy atom. The second-order valence-corrected chi connectivity index (χ2v) is 4.12. The molecule has 8 heteroatoms. The standard InChI is InChI=1S/C12H16N2O6/c15-6-10(12(19)20)14-13-9(11(17)18)5-7-1-3-8(16)4-2-7/h1-4,9-10,13-16H,5-6H2,(H,17,18)(H,19,20)/t9-,10-/m0/s1. The van der Waals surface area contributed by atoms with Crippen LogP contribution in [0.1, 0.15) is 5.56 Å². The highest BCUT2D eigenvalue weighted by Gasteiger charge is 2.21. The zero-order valence-electron chi connectivity index (χ0n) is 10.5. The van der Waals surface area contributed by atoms with E-state index in [0.29, 0.717) is 5.56 Å². The van der Waals surface area contributed by atoms with E-state index in [2.05, 4.69) is 10.9 Å². The summed E-state index contributed by atoms with van der Waals surface area (Å²) in [6.07, 6.45) is 0.0837. The normalized spacial score (nSPS) is 13.7. The van der Waals surface area contributed by atoms with E-state index >= 15 is 0 Å². The van der Waals surface area contributed by atoms with Crippen molar-refractivity contribution < 1.29 is 30.0 Å². The monoisotopic (exact) mass is 284 g/mol. The summed E-state index contributed by atoms with van der Waals surface area (Å²) in [5.74, 6) is -2.40. The number of aliphatic hydroxyl groups is 1. The first-order valence-corrected chi connectivity index (χ1v) is 5.79.